The van der Waals surface area contributed by atoms with Gasteiger partial charge in [-0.3, -0.25) is 0 Å². The van der Waals surface area contributed by atoms with Crippen LogP contribution < -0.4 is 16.4 Å². The molecule has 0 fully saturated rings. The molecule has 0 bridgehead atoms. The minimum Gasteiger partial charge on any atom is -0.543 e. The van der Waals surface area contributed by atoms with Gasteiger partial charge >= 0.3 is 17.1 Å². The Balaban J connectivity index is -0.000000125. The van der Waals surface area contributed by atoms with Crippen LogP contribution in [-0.2, 0) is 26.7 Å². The molecule has 5 nitrogen and oxygen atoms in total. The Kier molecular flexibility index (Phi) is 12.6. The molecule has 3 N–H and O–H groups in total. The summed E-state index contributed by atoms with van der Waals surface area (Å²) in [6, 6.07) is 0. The van der Waals surface area contributed by atoms with Crippen LogP contribution in [0.2, 0.25) is 0 Å². The summed E-state index contributed by atoms with van der Waals surface area (Å²) >= 11 is 0. The topological polar surface area (TPSA) is 115 Å². The van der Waals surface area contributed by atoms with Crippen molar-refractivity contribution < 1.29 is 36.9 Å². The second-order valence-corrected chi connectivity index (χ2v) is 0.575. The molecule has 0 aromatic carbocycles. The third kappa shape index (κ3) is 9.05. The third-order valence-electron chi connectivity index (χ3n) is 0.167. The van der Waals surface area contributed by atoms with Crippen LogP contribution in [0.25, 0.3) is 0 Å². The van der Waals surface area contributed by atoms with E-state index in [4.69, 9.17) is 19.8 Å². The van der Waals surface area contributed by atoms with E-state index in [1.807, 2.05) is 0 Å². The van der Waals surface area contributed by atoms with E-state index >= 15 is 0 Å². The molecule has 0 radical (unpaired) electrons. The van der Waals surface area contributed by atoms with Crippen molar-refractivity contribution in [2.45, 2.75) is 0 Å². The number of rotatable bonds is 0. The van der Waals surface area contributed by atoms with Crippen molar-refractivity contribution in [2.75, 3.05) is 0 Å². The van der Waals surface area contributed by atoms with E-state index < -0.39 is 11.9 Å². The van der Waals surface area contributed by atoms with Crippen LogP contribution in [0.5, 0.6) is 0 Å². The fraction of sp³-hybridized carbons (Fsp3) is 0. The molecule has 0 amide bonds. The van der Waals surface area contributed by atoms with Gasteiger partial charge in [0.25, 0.3) is 0 Å². The molecule has 6 heteroatoms. The van der Waals surface area contributed by atoms with Crippen LogP contribution in [0.15, 0.2) is 0 Å². The van der Waals surface area contributed by atoms with E-state index in [9.17, 15) is 0 Å². The van der Waals surface area contributed by atoms with Crippen LogP contribution in [0.4, 0.5) is 0 Å². The molecular formula is C2H3FeNO4. The predicted molar refractivity (Wildman–Crippen MR) is 15.0 cm³/mol. The van der Waals surface area contributed by atoms with Crippen LogP contribution in [0.1, 0.15) is 0 Å². The van der Waals surface area contributed by atoms with Crippen LogP contribution >= 0.6 is 0 Å². The van der Waals surface area contributed by atoms with E-state index in [1.165, 1.54) is 0 Å². The summed E-state index contributed by atoms with van der Waals surface area (Å²) < 4.78 is 0. The summed E-state index contributed by atoms with van der Waals surface area (Å²) in [5.74, 6) is -4.37. The van der Waals surface area contributed by atoms with Crippen molar-refractivity contribution in [2.24, 2.45) is 0 Å². The normalized spacial score (nSPS) is 5.50. The van der Waals surface area contributed by atoms with Gasteiger partial charge in [0.1, 0.15) is 0 Å². The molecule has 0 spiro atoms. The van der Waals surface area contributed by atoms with Crippen molar-refractivity contribution in [1.82, 2.24) is 6.15 Å². The zero-order chi connectivity index (χ0) is 5.15. The number of carboxylic acids is 2. The Morgan fingerprint density at radius 2 is 1.12 bits per heavy atom. The molecule has 0 aromatic rings. The zero-order valence-corrected chi connectivity index (χ0v) is 4.80. The summed E-state index contributed by atoms with van der Waals surface area (Å²) in [5.41, 5.74) is 0. The monoisotopic (exact) mass is 161 g/mol. The molecule has 0 aliphatic rings. The first-order valence-corrected chi connectivity index (χ1v) is 1.07. The van der Waals surface area contributed by atoms with Crippen molar-refractivity contribution in [3.63, 3.8) is 0 Å². The number of aliphatic carboxylic acids is 2. The van der Waals surface area contributed by atoms with Gasteiger partial charge in [0, 0.05) is 0 Å². The first-order chi connectivity index (χ1) is 2.64. The van der Waals surface area contributed by atoms with E-state index in [-0.39, 0.29) is 23.2 Å². The van der Waals surface area contributed by atoms with Gasteiger partial charge < -0.3 is 26.0 Å². The number of hydrogen-bond donors (Lipinski definition) is 1. The Hall–Kier alpha value is -0.581. The molecule has 0 atom stereocenters. The average molecular weight is 161 g/mol. The summed E-state index contributed by atoms with van der Waals surface area (Å²) in [6.07, 6.45) is 0. The zero-order valence-electron chi connectivity index (χ0n) is 3.69. The maximum atomic E-state index is 8.93. The van der Waals surface area contributed by atoms with Gasteiger partial charge in [-0.05, 0) is 0 Å². The number of carboxylic acid groups (broad SMARTS) is 2. The Morgan fingerprint density at radius 3 is 1.12 bits per heavy atom. The number of hydrogen-bond acceptors (Lipinski definition) is 5. The molecule has 0 saturated carbocycles. The molecule has 0 aliphatic heterocycles. The molecule has 0 saturated heterocycles. The smallest absolute Gasteiger partial charge is 0.543 e. The first-order valence-electron chi connectivity index (χ1n) is 1.07. The summed E-state index contributed by atoms with van der Waals surface area (Å²) in [5, 5.41) is 17.9. The van der Waals surface area contributed by atoms with E-state index in [1.54, 1.807) is 0 Å². The standard InChI is InChI=1S/C2H2O4.Fe.H3N/c3-1(4)2(5)6;;/h(H,3,4)(H,5,6);;1H3/q;+2;/p-2. The maximum Gasteiger partial charge on any atom is 2.00 e. The molecule has 0 unspecified atom stereocenters. The fourth-order valence-electron chi connectivity index (χ4n) is 0. The van der Waals surface area contributed by atoms with Gasteiger partial charge in [-0.15, -0.1) is 0 Å². The van der Waals surface area contributed by atoms with Crippen molar-refractivity contribution in [1.29, 1.82) is 0 Å². The molecule has 0 aromatic heterocycles. The van der Waals surface area contributed by atoms with Gasteiger partial charge in [0.05, 0.1) is 11.9 Å². The fourth-order valence-corrected chi connectivity index (χ4v) is 0. The second-order valence-electron chi connectivity index (χ2n) is 0.575. The van der Waals surface area contributed by atoms with Crippen LogP contribution in [0.3, 0.4) is 0 Å². The molecule has 0 heterocycles. The number of carbonyl (C=O) groups excluding carboxylic acids is 2. The van der Waals surface area contributed by atoms with Gasteiger partial charge in [0.2, 0.25) is 0 Å². The Bertz CT molecular complexity index is 80.0. The Morgan fingerprint density at radius 1 is 1.00 bits per heavy atom. The largest absolute Gasteiger partial charge is 2.00 e. The average Bonchev–Trinajstić information content (AvgIpc) is 1.36. The summed E-state index contributed by atoms with van der Waals surface area (Å²) in [6.45, 7) is 0. The number of carbonyl (C=O) groups is 2. The third-order valence-corrected chi connectivity index (χ3v) is 0.167. The van der Waals surface area contributed by atoms with E-state index in [0.29, 0.717) is 0 Å². The van der Waals surface area contributed by atoms with Crippen molar-refractivity contribution in [3.8, 4) is 0 Å². The van der Waals surface area contributed by atoms with Gasteiger partial charge in [-0.25, -0.2) is 0 Å². The van der Waals surface area contributed by atoms with Crippen LogP contribution in [-0.4, -0.2) is 11.9 Å². The minimum atomic E-state index is -2.19. The summed E-state index contributed by atoms with van der Waals surface area (Å²) in [7, 11) is 0. The summed E-state index contributed by atoms with van der Waals surface area (Å²) in [4.78, 5) is 17.9. The predicted octanol–water partition coefficient (Wildman–Crippen LogP) is -3.35. The molecular weight excluding hydrogens is 158 g/mol. The molecule has 48 valence electrons. The SMILES string of the molecule is N.O=C([O-])C(=O)[O-].[Fe+2]. The maximum absolute atomic E-state index is 8.93. The van der Waals surface area contributed by atoms with Crippen LogP contribution in [0, 0.1) is 0 Å². The first kappa shape index (κ1) is 15.7. The minimum absolute atomic E-state index is 0. The quantitative estimate of drug-likeness (QED) is 0.294. The molecule has 8 heavy (non-hydrogen) atoms. The van der Waals surface area contributed by atoms with E-state index in [2.05, 4.69) is 0 Å². The molecule has 0 aliphatic carbocycles. The van der Waals surface area contributed by atoms with E-state index in [0.717, 1.165) is 0 Å². The van der Waals surface area contributed by atoms with Gasteiger partial charge in [-0.1, -0.05) is 0 Å². The second kappa shape index (κ2) is 6.42. The Labute approximate surface area is 55.7 Å². The van der Waals surface area contributed by atoms with Crippen molar-refractivity contribution >= 4 is 11.9 Å². The molecule has 0 rings (SSSR count). The van der Waals surface area contributed by atoms with Crippen molar-refractivity contribution in [3.05, 3.63) is 0 Å². The van der Waals surface area contributed by atoms with Gasteiger partial charge in [0.15, 0.2) is 0 Å². The van der Waals surface area contributed by atoms with Gasteiger partial charge in [-0.2, -0.15) is 0 Å².